The topological polar surface area (TPSA) is 26.3 Å². The van der Waals surface area contributed by atoms with E-state index in [4.69, 9.17) is 16.3 Å². The van der Waals surface area contributed by atoms with Gasteiger partial charge in [-0.3, -0.25) is 0 Å². The van der Waals surface area contributed by atoms with Crippen LogP contribution in [-0.2, 0) is 15.1 Å². The monoisotopic (exact) mass is 300 g/mol. The summed E-state index contributed by atoms with van der Waals surface area (Å²) in [6, 6.07) is 7.38. The first kappa shape index (κ1) is 11.7. The molecule has 1 heterocycles. The van der Waals surface area contributed by atoms with E-state index in [1.54, 1.807) is 6.07 Å². The Morgan fingerprint density at radius 2 is 2.19 bits per heavy atom. The molecule has 0 radical (unpaired) electrons. The van der Waals surface area contributed by atoms with Crippen LogP contribution >= 0.6 is 27.5 Å². The van der Waals surface area contributed by atoms with Crippen molar-refractivity contribution >= 4 is 33.5 Å². The molecule has 0 spiro atoms. The second-order valence-corrected chi connectivity index (χ2v) is 4.75. The minimum Gasteiger partial charge on any atom is -0.450 e. The molecule has 0 N–H and O–H groups in total. The molecule has 0 saturated carbocycles. The highest BCUT2D eigenvalue weighted by Crippen LogP contribution is 2.42. The summed E-state index contributed by atoms with van der Waals surface area (Å²) in [4.78, 5) is 11.4. The van der Waals surface area contributed by atoms with E-state index < -0.39 is 5.60 Å². The van der Waals surface area contributed by atoms with Gasteiger partial charge in [-0.05, 0) is 6.07 Å². The Balaban J connectivity index is 2.48. The summed E-state index contributed by atoms with van der Waals surface area (Å²) in [5.74, 6) is -0.348. The molecule has 16 heavy (non-hydrogen) atoms. The lowest BCUT2D eigenvalue weighted by atomic mass is 9.91. The van der Waals surface area contributed by atoms with Gasteiger partial charge in [0.05, 0.1) is 0 Å². The van der Waals surface area contributed by atoms with E-state index in [1.165, 1.54) is 0 Å². The molecule has 1 atom stereocenters. The van der Waals surface area contributed by atoms with E-state index in [0.29, 0.717) is 22.3 Å². The van der Waals surface area contributed by atoms with Crippen molar-refractivity contribution in [2.24, 2.45) is 0 Å². The van der Waals surface area contributed by atoms with Crippen LogP contribution in [0.25, 0.3) is 0 Å². The molecule has 1 aliphatic rings. The average molecular weight is 302 g/mol. The third-order valence-corrected chi connectivity index (χ3v) is 3.89. The third kappa shape index (κ3) is 1.78. The molecule has 4 heteroatoms. The van der Waals surface area contributed by atoms with Crippen molar-refractivity contribution in [2.45, 2.75) is 12.0 Å². The van der Waals surface area contributed by atoms with Crippen LogP contribution in [0.5, 0.6) is 0 Å². The minimum absolute atomic E-state index is 0.348. The molecule has 1 unspecified atom stereocenters. The van der Waals surface area contributed by atoms with Crippen LogP contribution in [-0.4, -0.2) is 11.3 Å². The van der Waals surface area contributed by atoms with E-state index in [-0.39, 0.29) is 5.97 Å². The molecule has 1 aromatic carbocycles. The zero-order valence-corrected chi connectivity index (χ0v) is 10.8. The fourth-order valence-corrected chi connectivity index (χ4v) is 2.75. The number of halogens is 2. The van der Waals surface area contributed by atoms with E-state index in [1.807, 2.05) is 18.2 Å². The second-order valence-electron chi connectivity index (χ2n) is 3.78. The fraction of sp³-hybridized carbons (Fsp3) is 0.250. The zero-order valence-electron chi connectivity index (χ0n) is 8.50. The van der Waals surface area contributed by atoms with E-state index in [0.717, 1.165) is 5.56 Å². The SMILES string of the molecule is C=C1CC(CBr)(c2ccccc2Cl)OC1=O. The van der Waals surface area contributed by atoms with Crippen LogP contribution in [0.15, 0.2) is 36.4 Å². The van der Waals surface area contributed by atoms with Gasteiger partial charge in [-0.15, -0.1) is 0 Å². The summed E-state index contributed by atoms with van der Waals surface area (Å²) in [5, 5.41) is 1.11. The van der Waals surface area contributed by atoms with Crippen molar-refractivity contribution in [3.8, 4) is 0 Å². The molecule has 84 valence electrons. The van der Waals surface area contributed by atoms with Gasteiger partial charge in [0.2, 0.25) is 0 Å². The van der Waals surface area contributed by atoms with Crippen molar-refractivity contribution < 1.29 is 9.53 Å². The third-order valence-electron chi connectivity index (χ3n) is 2.66. The van der Waals surface area contributed by atoms with Crippen LogP contribution in [0.4, 0.5) is 0 Å². The van der Waals surface area contributed by atoms with Gasteiger partial charge in [-0.2, -0.15) is 0 Å². The Hall–Kier alpha value is -0.800. The average Bonchev–Trinajstić information content (AvgIpc) is 2.56. The summed E-state index contributed by atoms with van der Waals surface area (Å²) in [6.07, 6.45) is 0.473. The smallest absolute Gasteiger partial charge is 0.334 e. The zero-order chi connectivity index (χ0) is 11.8. The van der Waals surface area contributed by atoms with E-state index in [2.05, 4.69) is 22.5 Å². The van der Waals surface area contributed by atoms with Crippen LogP contribution in [0.3, 0.4) is 0 Å². The van der Waals surface area contributed by atoms with Crippen LogP contribution < -0.4 is 0 Å². The van der Waals surface area contributed by atoms with Gasteiger partial charge in [0.15, 0.2) is 5.60 Å². The number of carbonyl (C=O) groups is 1. The number of hydrogen-bond acceptors (Lipinski definition) is 2. The van der Waals surface area contributed by atoms with Gasteiger partial charge in [-0.25, -0.2) is 4.79 Å². The normalized spacial score (nSPS) is 24.6. The maximum absolute atomic E-state index is 11.4. The highest BCUT2D eigenvalue weighted by atomic mass is 79.9. The standard InChI is InChI=1S/C12H10BrClO2/c1-8-6-12(7-13,16-11(8)15)9-4-2-3-5-10(9)14/h2-5H,1,6-7H2. The minimum atomic E-state index is -0.702. The number of rotatable bonds is 2. The van der Waals surface area contributed by atoms with Crippen molar-refractivity contribution in [2.75, 3.05) is 5.33 Å². The molecular formula is C12H10BrClO2. The fourth-order valence-electron chi connectivity index (χ4n) is 1.83. The van der Waals surface area contributed by atoms with Crippen LogP contribution in [0.1, 0.15) is 12.0 Å². The van der Waals surface area contributed by atoms with Crippen molar-refractivity contribution in [3.63, 3.8) is 0 Å². The lowest BCUT2D eigenvalue weighted by Gasteiger charge is -2.26. The molecule has 1 aliphatic heterocycles. The molecule has 2 rings (SSSR count). The maximum Gasteiger partial charge on any atom is 0.334 e. The summed E-state index contributed by atoms with van der Waals surface area (Å²) in [7, 11) is 0. The Morgan fingerprint density at radius 3 is 2.69 bits per heavy atom. The molecular weight excluding hydrogens is 291 g/mol. The quantitative estimate of drug-likeness (QED) is 0.475. The van der Waals surface area contributed by atoms with Crippen LogP contribution in [0, 0.1) is 0 Å². The number of carbonyl (C=O) groups excluding carboxylic acids is 1. The molecule has 1 saturated heterocycles. The molecule has 2 nitrogen and oxygen atoms in total. The van der Waals surface area contributed by atoms with Gasteiger partial charge < -0.3 is 4.74 Å². The summed E-state index contributed by atoms with van der Waals surface area (Å²) in [6.45, 7) is 3.70. The number of esters is 1. The van der Waals surface area contributed by atoms with Crippen molar-refractivity contribution in [1.29, 1.82) is 0 Å². The maximum atomic E-state index is 11.4. The van der Waals surface area contributed by atoms with Gasteiger partial charge in [0, 0.05) is 27.9 Å². The molecule has 0 amide bonds. The second kappa shape index (κ2) is 4.22. The number of benzene rings is 1. The van der Waals surface area contributed by atoms with E-state index >= 15 is 0 Å². The largest absolute Gasteiger partial charge is 0.450 e. The highest BCUT2D eigenvalue weighted by Gasteiger charge is 2.44. The first-order chi connectivity index (χ1) is 7.59. The summed E-state index contributed by atoms with van der Waals surface area (Å²) < 4.78 is 5.41. The first-order valence-corrected chi connectivity index (χ1v) is 6.31. The first-order valence-electron chi connectivity index (χ1n) is 4.81. The van der Waals surface area contributed by atoms with E-state index in [9.17, 15) is 4.79 Å². The lowest BCUT2D eigenvalue weighted by Crippen LogP contribution is -2.27. The number of cyclic esters (lactones) is 1. The Bertz CT molecular complexity index is 440. The van der Waals surface area contributed by atoms with Gasteiger partial charge in [0.25, 0.3) is 0 Å². The van der Waals surface area contributed by atoms with Gasteiger partial charge >= 0.3 is 5.97 Å². The number of alkyl halides is 1. The predicted octanol–water partition coefficient (Wildman–Crippen LogP) is 3.43. The Morgan fingerprint density at radius 1 is 1.50 bits per heavy atom. The lowest BCUT2D eigenvalue weighted by molar-refractivity contribution is -0.145. The number of hydrogen-bond donors (Lipinski definition) is 0. The van der Waals surface area contributed by atoms with Gasteiger partial charge in [-0.1, -0.05) is 52.3 Å². The summed E-state index contributed by atoms with van der Waals surface area (Å²) in [5.41, 5.74) is 0.604. The van der Waals surface area contributed by atoms with Gasteiger partial charge in [0.1, 0.15) is 0 Å². The molecule has 1 aromatic rings. The molecule has 0 aromatic heterocycles. The van der Waals surface area contributed by atoms with Crippen LogP contribution in [0.2, 0.25) is 5.02 Å². The predicted molar refractivity (Wildman–Crippen MR) is 66.8 cm³/mol. The molecule has 1 fully saturated rings. The van der Waals surface area contributed by atoms with Crippen molar-refractivity contribution in [1.82, 2.24) is 0 Å². The molecule has 0 aliphatic carbocycles. The Labute approximate surface area is 107 Å². The molecule has 0 bridgehead atoms. The Kier molecular flexibility index (Phi) is 3.08. The van der Waals surface area contributed by atoms with Crippen molar-refractivity contribution in [3.05, 3.63) is 47.0 Å². The summed E-state index contributed by atoms with van der Waals surface area (Å²) >= 11 is 9.51. The highest BCUT2D eigenvalue weighted by molar-refractivity contribution is 9.09. The number of ether oxygens (including phenoxy) is 1.